The molecule has 1 saturated carbocycles. The first-order valence-corrected chi connectivity index (χ1v) is 7.84. The molecule has 0 radical (unpaired) electrons. The molecule has 2 nitrogen and oxygen atoms in total. The second-order valence-corrected chi connectivity index (χ2v) is 6.93. The largest absolute Gasteiger partial charge is 0.375 e. The van der Waals surface area contributed by atoms with Crippen LogP contribution in [0.3, 0.4) is 0 Å². The fraction of sp³-hybridized carbons (Fsp3) is 1.00. The monoisotopic (exact) mass is 338 g/mol. The summed E-state index contributed by atoms with van der Waals surface area (Å²) >= 11 is 2.57. The highest BCUT2D eigenvalue weighted by Gasteiger charge is 2.30. The molecule has 2 fully saturated rings. The Bertz CT molecular complexity index is 212. The van der Waals surface area contributed by atoms with E-state index in [0.717, 1.165) is 16.8 Å². The fourth-order valence-electron chi connectivity index (χ4n) is 2.91. The van der Waals surface area contributed by atoms with Crippen molar-refractivity contribution in [2.24, 2.45) is 0 Å². The Morgan fingerprint density at radius 2 is 1.69 bits per heavy atom. The number of rotatable bonds is 2. The van der Waals surface area contributed by atoms with Crippen molar-refractivity contribution in [1.29, 1.82) is 0 Å². The second-order valence-electron chi connectivity index (χ2n) is 5.33. The van der Waals surface area contributed by atoms with Gasteiger partial charge in [0, 0.05) is 3.92 Å². The van der Waals surface area contributed by atoms with Crippen molar-refractivity contribution in [2.75, 3.05) is 0 Å². The zero-order valence-electron chi connectivity index (χ0n) is 10.3. The SMILES string of the molecule is CC1CC(OC2CCCCC2I)CC(C)O1. The summed E-state index contributed by atoms with van der Waals surface area (Å²) in [5.74, 6) is 0. The minimum atomic E-state index is 0.366. The topological polar surface area (TPSA) is 18.5 Å². The minimum Gasteiger partial charge on any atom is -0.375 e. The first kappa shape index (κ1) is 13.1. The summed E-state index contributed by atoms with van der Waals surface area (Å²) in [6, 6.07) is 0. The van der Waals surface area contributed by atoms with Crippen LogP contribution in [0.5, 0.6) is 0 Å². The van der Waals surface area contributed by atoms with E-state index in [-0.39, 0.29) is 0 Å². The fourth-order valence-corrected chi connectivity index (χ4v) is 3.88. The molecule has 0 amide bonds. The van der Waals surface area contributed by atoms with Crippen LogP contribution in [0.4, 0.5) is 0 Å². The molecule has 1 aliphatic carbocycles. The average molecular weight is 338 g/mol. The van der Waals surface area contributed by atoms with E-state index >= 15 is 0 Å². The Balaban J connectivity index is 1.83. The summed E-state index contributed by atoms with van der Waals surface area (Å²) in [4.78, 5) is 0. The lowest BCUT2D eigenvalue weighted by molar-refractivity contribution is -0.124. The van der Waals surface area contributed by atoms with Gasteiger partial charge in [0.05, 0.1) is 24.4 Å². The normalized spacial score (nSPS) is 45.6. The predicted molar refractivity (Wildman–Crippen MR) is 74.2 cm³/mol. The maximum atomic E-state index is 6.30. The quantitative estimate of drug-likeness (QED) is 0.565. The van der Waals surface area contributed by atoms with Crippen LogP contribution >= 0.6 is 22.6 Å². The van der Waals surface area contributed by atoms with E-state index in [2.05, 4.69) is 36.4 Å². The second kappa shape index (κ2) is 6.01. The number of ether oxygens (including phenoxy) is 2. The van der Waals surface area contributed by atoms with Gasteiger partial charge in [-0.25, -0.2) is 0 Å². The van der Waals surface area contributed by atoms with E-state index in [1.165, 1.54) is 25.7 Å². The van der Waals surface area contributed by atoms with E-state index in [0.29, 0.717) is 24.4 Å². The van der Waals surface area contributed by atoms with Crippen molar-refractivity contribution in [3.05, 3.63) is 0 Å². The Kier molecular flexibility index (Phi) is 4.91. The molecule has 4 atom stereocenters. The maximum Gasteiger partial charge on any atom is 0.0696 e. The molecule has 4 unspecified atom stereocenters. The molecule has 94 valence electrons. The number of hydrogen-bond acceptors (Lipinski definition) is 2. The average Bonchev–Trinajstić information content (AvgIpc) is 2.20. The van der Waals surface area contributed by atoms with Crippen LogP contribution in [0.2, 0.25) is 0 Å². The molecule has 1 heterocycles. The number of halogens is 1. The van der Waals surface area contributed by atoms with Crippen molar-refractivity contribution in [2.45, 2.75) is 80.7 Å². The zero-order chi connectivity index (χ0) is 11.5. The van der Waals surface area contributed by atoms with Gasteiger partial charge in [-0.2, -0.15) is 0 Å². The molecule has 0 spiro atoms. The Morgan fingerprint density at radius 1 is 1.06 bits per heavy atom. The van der Waals surface area contributed by atoms with Crippen molar-refractivity contribution in [3.63, 3.8) is 0 Å². The van der Waals surface area contributed by atoms with Gasteiger partial charge in [-0.05, 0) is 39.5 Å². The van der Waals surface area contributed by atoms with Crippen molar-refractivity contribution >= 4 is 22.6 Å². The van der Waals surface area contributed by atoms with E-state index in [9.17, 15) is 0 Å². The summed E-state index contributed by atoms with van der Waals surface area (Å²) < 4.78 is 12.8. The molecule has 3 heteroatoms. The van der Waals surface area contributed by atoms with Gasteiger partial charge in [-0.3, -0.25) is 0 Å². The Hall–Kier alpha value is 0.650. The number of alkyl halides is 1. The summed E-state index contributed by atoms with van der Waals surface area (Å²) in [6.45, 7) is 4.32. The molecule has 0 aromatic heterocycles. The highest BCUT2D eigenvalue weighted by molar-refractivity contribution is 14.1. The summed E-state index contributed by atoms with van der Waals surface area (Å²) in [6.07, 6.45) is 9.12. The summed E-state index contributed by atoms with van der Waals surface area (Å²) in [5, 5.41) is 0. The molecule has 1 aliphatic heterocycles. The first-order chi connectivity index (χ1) is 7.65. The van der Waals surface area contributed by atoms with Gasteiger partial charge in [-0.1, -0.05) is 35.4 Å². The lowest BCUT2D eigenvalue weighted by Crippen LogP contribution is -2.39. The van der Waals surface area contributed by atoms with Gasteiger partial charge in [0.15, 0.2) is 0 Å². The standard InChI is InChI=1S/C13H23IO2/c1-9-7-11(8-10(2)15-9)16-13-6-4-3-5-12(13)14/h9-13H,3-8H2,1-2H3. The van der Waals surface area contributed by atoms with Crippen LogP contribution in [-0.4, -0.2) is 28.3 Å². The van der Waals surface area contributed by atoms with Crippen molar-refractivity contribution < 1.29 is 9.47 Å². The van der Waals surface area contributed by atoms with E-state index < -0.39 is 0 Å². The van der Waals surface area contributed by atoms with Crippen LogP contribution in [0.1, 0.15) is 52.4 Å². The van der Waals surface area contributed by atoms with Gasteiger partial charge in [0.25, 0.3) is 0 Å². The van der Waals surface area contributed by atoms with Gasteiger partial charge in [0.2, 0.25) is 0 Å². The van der Waals surface area contributed by atoms with Crippen LogP contribution in [0, 0.1) is 0 Å². The molecule has 1 saturated heterocycles. The van der Waals surface area contributed by atoms with Crippen LogP contribution < -0.4 is 0 Å². The Labute approximate surface area is 113 Å². The third-order valence-corrected chi connectivity index (χ3v) is 5.07. The van der Waals surface area contributed by atoms with E-state index in [1.807, 2.05) is 0 Å². The van der Waals surface area contributed by atoms with E-state index in [4.69, 9.17) is 9.47 Å². The maximum absolute atomic E-state index is 6.30. The first-order valence-electron chi connectivity index (χ1n) is 6.60. The number of hydrogen-bond donors (Lipinski definition) is 0. The predicted octanol–water partition coefficient (Wildman–Crippen LogP) is 3.71. The van der Waals surface area contributed by atoms with Gasteiger partial charge < -0.3 is 9.47 Å². The molecule has 2 rings (SSSR count). The van der Waals surface area contributed by atoms with Gasteiger partial charge in [0.1, 0.15) is 0 Å². The molecule has 0 N–H and O–H groups in total. The van der Waals surface area contributed by atoms with Gasteiger partial charge in [-0.15, -0.1) is 0 Å². The highest BCUT2D eigenvalue weighted by Crippen LogP contribution is 2.31. The summed E-state index contributed by atoms with van der Waals surface area (Å²) in [7, 11) is 0. The third-order valence-electron chi connectivity index (χ3n) is 3.64. The molecule has 0 bridgehead atoms. The minimum absolute atomic E-state index is 0.366. The molecular formula is C13H23IO2. The Morgan fingerprint density at radius 3 is 2.31 bits per heavy atom. The summed E-state index contributed by atoms with van der Waals surface area (Å²) in [5.41, 5.74) is 0. The smallest absolute Gasteiger partial charge is 0.0696 e. The van der Waals surface area contributed by atoms with Crippen LogP contribution in [0.15, 0.2) is 0 Å². The highest BCUT2D eigenvalue weighted by atomic mass is 127. The van der Waals surface area contributed by atoms with Crippen molar-refractivity contribution in [1.82, 2.24) is 0 Å². The molecule has 16 heavy (non-hydrogen) atoms. The zero-order valence-corrected chi connectivity index (χ0v) is 12.5. The molecular weight excluding hydrogens is 315 g/mol. The van der Waals surface area contributed by atoms with Crippen LogP contribution in [-0.2, 0) is 9.47 Å². The van der Waals surface area contributed by atoms with Crippen LogP contribution in [0.25, 0.3) is 0 Å². The van der Waals surface area contributed by atoms with Crippen molar-refractivity contribution in [3.8, 4) is 0 Å². The molecule has 0 aromatic rings. The lowest BCUT2D eigenvalue weighted by atomic mass is 9.96. The molecule has 2 aliphatic rings. The third kappa shape index (κ3) is 3.57. The lowest BCUT2D eigenvalue weighted by Gasteiger charge is -2.37. The van der Waals surface area contributed by atoms with Gasteiger partial charge >= 0.3 is 0 Å². The molecule has 0 aromatic carbocycles. The van der Waals surface area contributed by atoms with E-state index in [1.54, 1.807) is 0 Å².